The first kappa shape index (κ1) is 17.3. The maximum absolute atomic E-state index is 12.4. The van der Waals surface area contributed by atoms with Gasteiger partial charge in [-0.1, -0.05) is 25.0 Å². The Balaban J connectivity index is 1.62. The van der Waals surface area contributed by atoms with Gasteiger partial charge < -0.3 is 15.0 Å². The minimum atomic E-state index is -0.146. The number of carbonyl (C=O) groups excluding carboxylic acids is 1. The molecule has 0 saturated carbocycles. The summed E-state index contributed by atoms with van der Waals surface area (Å²) in [5.74, 6) is 0.661. The molecule has 2 aromatic rings. The lowest BCUT2D eigenvalue weighted by molar-refractivity contribution is 0.0946. The molecule has 2 heterocycles. The van der Waals surface area contributed by atoms with Crippen molar-refractivity contribution in [2.45, 2.75) is 32.2 Å². The lowest BCUT2D eigenvalue weighted by Gasteiger charge is -2.22. The molecular formula is C20H25N3O2. The monoisotopic (exact) mass is 339 g/mol. The summed E-state index contributed by atoms with van der Waals surface area (Å²) in [4.78, 5) is 19.0. The number of pyridine rings is 1. The number of benzene rings is 1. The minimum Gasteiger partial charge on any atom is -0.497 e. The second-order valence-corrected chi connectivity index (χ2v) is 6.33. The fourth-order valence-corrected chi connectivity index (χ4v) is 3.09. The third kappa shape index (κ3) is 4.72. The lowest BCUT2D eigenvalue weighted by atomic mass is 10.2. The first-order valence-electron chi connectivity index (χ1n) is 8.88. The van der Waals surface area contributed by atoms with Crippen LogP contribution in [0.25, 0.3) is 0 Å². The number of nitrogens with zero attached hydrogens (tertiary/aromatic N) is 2. The topological polar surface area (TPSA) is 54.5 Å². The third-order valence-electron chi connectivity index (χ3n) is 4.56. The molecule has 0 radical (unpaired) electrons. The zero-order valence-electron chi connectivity index (χ0n) is 14.7. The van der Waals surface area contributed by atoms with Crippen molar-refractivity contribution in [3.8, 4) is 5.75 Å². The van der Waals surface area contributed by atoms with Crippen molar-refractivity contribution in [2.24, 2.45) is 0 Å². The van der Waals surface area contributed by atoms with Gasteiger partial charge in [-0.3, -0.25) is 9.78 Å². The second-order valence-electron chi connectivity index (χ2n) is 6.33. The zero-order chi connectivity index (χ0) is 17.5. The molecule has 1 amide bonds. The van der Waals surface area contributed by atoms with Gasteiger partial charge in [-0.2, -0.15) is 0 Å². The molecule has 1 N–H and O–H groups in total. The van der Waals surface area contributed by atoms with Gasteiger partial charge in [0.1, 0.15) is 11.4 Å². The van der Waals surface area contributed by atoms with Crippen molar-refractivity contribution in [1.29, 1.82) is 0 Å². The zero-order valence-corrected chi connectivity index (χ0v) is 14.7. The Morgan fingerprint density at radius 3 is 2.52 bits per heavy atom. The number of ether oxygens (including phenoxy) is 1. The lowest BCUT2D eigenvalue weighted by Crippen LogP contribution is -2.26. The summed E-state index contributed by atoms with van der Waals surface area (Å²) in [6.07, 6.45) is 6.72. The molecule has 1 aliphatic heterocycles. The van der Waals surface area contributed by atoms with Crippen LogP contribution < -0.4 is 15.0 Å². The Labute approximate surface area is 149 Å². The van der Waals surface area contributed by atoms with Gasteiger partial charge >= 0.3 is 0 Å². The van der Waals surface area contributed by atoms with Crippen LogP contribution in [0.1, 0.15) is 41.7 Å². The molecular weight excluding hydrogens is 314 g/mol. The highest BCUT2D eigenvalue weighted by Gasteiger charge is 2.13. The van der Waals surface area contributed by atoms with Crippen LogP contribution in [0.2, 0.25) is 0 Å². The highest BCUT2D eigenvalue weighted by atomic mass is 16.5. The van der Waals surface area contributed by atoms with Gasteiger partial charge in [-0.05, 0) is 42.7 Å². The Kier molecular flexibility index (Phi) is 5.88. The van der Waals surface area contributed by atoms with Gasteiger partial charge in [0.05, 0.1) is 7.11 Å². The molecule has 5 heteroatoms. The van der Waals surface area contributed by atoms with E-state index in [0.29, 0.717) is 12.2 Å². The van der Waals surface area contributed by atoms with E-state index in [2.05, 4.69) is 15.2 Å². The third-order valence-corrected chi connectivity index (χ3v) is 4.56. The van der Waals surface area contributed by atoms with Crippen LogP contribution in [0, 0.1) is 0 Å². The van der Waals surface area contributed by atoms with E-state index in [1.807, 2.05) is 36.4 Å². The summed E-state index contributed by atoms with van der Waals surface area (Å²) in [5, 5.41) is 2.93. The van der Waals surface area contributed by atoms with E-state index in [9.17, 15) is 4.79 Å². The number of nitrogens with one attached hydrogen (secondary N) is 1. The first-order chi connectivity index (χ1) is 12.3. The average Bonchev–Trinajstić information content (AvgIpc) is 2.96. The number of hydrogen-bond acceptors (Lipinski definition) is 4. The number of amides is 1. The molecule has 25 heavy (non-hydrogen) atoms. The van der Waals surface area contributed by atoms with E-state index in [0.717, 1.165) is 30.1 Å². The summed E-state index contributed by atoms with van der Waals surface area (Å²) in [7, 11) is 1.64. The van der Waals surface area contributed by atoms with Crippen molar-refractivity contribution < 1.29 is 9.53 Å². The predicted octanol–water partition coefficient (Wildman–Crippen LogP) is 3.40. The minimum absolute atomic E-state index is 0.146. The van der Waals surface area contributed by atoms with E-state index in [-0.39, 0.29) is 5.91 Å². The van der Waals surface area contributed by atoms with E-state index < -0.39 is 0 Å². The Bertz CT molecular complexity index is 692. The molecule has 1 saturated heterocycles. The maximum Gasteiger partial charge on any atom is 0.270 e. The Morgan fingerprint density at radius 1 is 1.12 bits per heavy atom. The number of methoxy groups -OCH3 is 1. The fourth-order valence-electron chi connectivity index (χ4n) is 3.09. The largest absolute Gasteiger partial charge is 0.497 e. The summed E-state index contributed by atoms with van der Waals surface area (Å²) in [6.45, 7) is 2.58. The van der Waals surface area contributed by atoms with Crippen LogP contribution in [-0.2, 0) is 6.54 Å². The van der Waals surface area contributed by atoms with Crippen molar-refractivity contribution in [1.82, 2.24) is 10.3 Å². The highest BCUT2D eigenvalue weighted by molar-refractivity contribution is 5.93. The van der Waals surface area contributed by atoms with Crippen molar-refractivity contribution in [2.75, 3.05) is 25.1 Å². The van der Waals surface area contributed by atoms with Gasteiger partial charge in [0.2, 0.25) is 0 Å². The van der Waals surface area contributed by atoms with Crippen molar-refractivity contribution in [3.05, 3.63) is 53.9 Å². The maximum atomic E-state index is 12.4. The van der Waals surface area contributed by atoms with Gasteiger partial charge in [0, 0.05) is 31.5 Å². The summed E-state index contributed by atoms with van der Waals surface area (Å²) >= 11 is 0. The molecule has 0 aliphatic carbocycles. The molecule has 0 spiro atoms. The number of hydrogen-bond donors (Lipinski definition) is 1. The SMILES string of the molecule is COc1ccc(CNC(=O)c2cc(N3CCCCCC3)ccn2)cc1. The number of anilines is 1. The number of carbonyl (C=O) groups is 1. The van der Waals surface area contributed by atoms with Crippen LogP contribution in [0.4, 0.5) is 5.69 Å². The second kappa shape index (κ2) is 8.51. The van der Waals surface area contributed by atoms with Crippen LogP contribution in [0.3, 0.4) is 0 Å². The van der Waals surface area contributed by atoms with Crippen molar-refractivity contribution >= 4 is 11.6 Å². The van der Waals surface area contributed by atoms with E-state index in [1.165, 1.54) is 25.7 Å². The van der Waals surface area contributed by atoms with Gasteiger partial charge in [-0.25, -0.2) is 0 Å². The molecule has 1 fully saturated rings. The van der Waals surface area contributed by atoms with Gasteiger partial charge in [0.15, 0.2) is 0 Å². The van der Waals surface area contributed by atoms with Crippen LogP contribution >= 0.6 is 0 Å². The quantitative estimate of drug-likeness (QED) is 0.907. The van der Waals surface area contributed by atoms with Gasteiger partial charge in [0.25, 0.3) is 5.91 Å². The number of rotatable bonds is 5. The fraction of sp³-hybridized carbons (Fsp3) is 0.400. The van der Waals surface area contributed by atoms with E-state index in [4.69, 9.17) is 4.74 Å². The predicted molar refractivity (Wildman–Crippen MR) is 99.1 cm³/mol. The molecule has 132 valence electrons. The molecule has 5 nitrogen and oxygen atoms in total. The van der Waals surface area contributed by atoms with Crippen LogP contribution in [-0.4, -0.2) is 31.1 Å². The standard InChI is InChI=1S/C20H25N3O2/c1-25-18-8-6-16(7-9-18)15-22-20(24)19-14-17(10-11-21-19)23-12-4-2-3-5-13-23/h6-11,14H,2-5,12-13,15H2,1H3,(H,22,24). The van der Waals surface area contributed by atoms with E-state index in [1.54, 1.807) is 13.3 Å². The van der Waals surface area contributed by atoms with Crippen LogP contribution in [0.5, 0.6) is 5.75 Å². The van der Waals surface area contributed by atoms with Crippen molar-refractivity contribution in [3.63, 3.8) is 0 Å². The van der Waals surface area contributed by atoms with Crippen LogP contribution in [0.15, 0.2) is 42.6 Å². The molecule has 1 aliphatic rings. The Hall–Kier alpha value is -2.56. The molecule has 0 atom stereocenters. The smallest absolute Gasteiger partial charge is 0.270 e. The summed E-state index contributed by atoms with van der Waals surface area (Å²) in [5.41, 5.74) is 2.58. The van der Waals surface area contributed by atoms with Gasteiger partial charge in [-0.15, -0.1) is 0 Å². The normalized spacial score (nSPS) is 14.7. The summed E-state index contributed by atoms with van der Waals surface area (Å²) < 4.78 is 5.14. The molecule has 0 unspecified atom stereocenters. The highest BCUT2D eigenvalue weighted by Crippen LogP contribution is 2.19. The Morgan fingerprint density at radius 2 is 1.84 bits per heavy atom. The molecule has 0 bridgehead atoms. The molecule has 3 rings (SSSR count). The molecule has 1 aromatic heterocycles. The number of aromatic nitrogens is 1. The van der Waals surface area contributed by atoms with E-state index >= 15 is 0 Å². The first-order valence-corrected chi connectivity index (χ1v) is 8.88. The average molecular weight is 339 g/mol. The molecule has 1 aromatic carbocycles. The summed E-state index contributed by atoms with van der Waals surface area (Å²) in [6, 6.07) is 11.6.